The Hall–Kier alpha value is -3.07. The van der Waals surface area contributed by atoms with Gasteiger partial charge >= 0.3 is 0 Å². The molecule has 6 nitrogen and oxygen atoms in total. The van der Waals surface area contributed by atoms with Gasteiger partial charge in [-0.2, -0.15) is 4.31 Å². The number of aromatic nitrogens is 1. The minimum atomic E-state index is -3.98. The number of hydrogen-bond donors (Lipinski definition) is 0. The van der Waals surface area contributed by atoms with Crippen LogP contribution >= 0.6 is 11.3 Å². The minimum Gasteiger partial charge on any atom is -0.330 e. The molecule has 1 atom stereocenters. The molecule has 1 saturated carbocycles. The van der Waals surface area contributed by atoms with E-state index in [0.717, 1.165) is 60.6 Å². The van der Waals surface area contributed by atoms with Crippen LogP contribution in [0.1, 0.15) is 59.7 Å². The molecular formula is C31H33N3O3S2. The third-order valence-electron chi connectivity index (χ3n) is 8.22. The van der Waals surface area contributed by atoms with E-state index >= 15 is 0 Å². The van der Waals surface area contributed by atoms with Crippen LogP contribution < -0.4 is 0 Å². The fourth-order valence-corrected chi connectivity index (χ4v) is 8.93. The van der Waals surface area contributed by atoms with Crippen molar-refractivity contribution in [3.8, 4) is 0 Å². The fraction of sp³-hybridized carbons (Fsp3) is 0.355. The number of benzene rings is 2. The molecule has 1 amide bonds. The Balaban J connectivity index is 1.39. The van der Waals surface area contributed by atoms with Crippen LogP contribution in [0.15, 0.2) is 77.1 Å². The summed E-state index contributed by atoms with van der Waals surface area (Å²) in [5.41, 5.74) is 3.82. The zero-order valence-electron chi connectivity index (χ0n) is 22.1. The number of fused-ring (bicyclic) bond motifs is 2. The number of rotatable bonds is 6. The van der Waals surface area contributed by atoms with Gasteiger partial charge in [0.1, 0.15) is 4.90 Å². The predicted molar refractivity (Wildman–Crippen MR) is 155 cm³/mol. The molecule has 4 aromatic rings. The molecule has 0 N–H and O–H groups in total. The van der Waals surface area contributed by atoms with Gasteiger partial charge in [0, 0.05) is 29.0 Å². The highest BCUT2D eigenvalue weighted by atomic mass is 32.2. The number of para-hydroxylation sites is 1. The molecule has 0 spiro atoms. The van der Waals surface area contributed by atoms with E-state index in [1.807, 2.05) is 35.2 Å². The maximum atomic E-state index is 14.3. The smallest absolute Gasteiger partial charge is 0.245 e. The first-order chi connectivity index (χ1) is 18.9. The third kappa shape index (κ3) is 4.90. The topological polar surface area (TPSA) is 70.6 Å². The predicted octanol–water partition coefficient (Wildman–Crippen LogP) is 6.10. The standard InChI is InChI=1S/C31H33N3O3S2/c1-22-9-5-6-14-25(22)31-26-17-20-38-27(26)16-19-33(31)29(35)21-34(24-12-3-2-4-13-24)39(36,37)28-15-7-10-23-11-8-18-32-30(23)28/h5-11,14-15,17-18,20,24,31H,2-4,12-13,16,19,21H2,1H3/t31-/m0/s1. The van der Waals surface area contributed by atoms with Gasteiger partial charge in [-0.3, -0.25) is 9.78 Å². The largest absolute Gasteiger partial charge is 0.330 e. The van der Waals surface area contributed by atoms with E-state index in [9.17, 15) is 13.2 Å². The van der Waals surface area contributed by atoms with Crippen molar-refractivity contribution < 1.29 is 13.2 Å². The summed E-state index contributed by atoms with van der Waals surface area (Å²) >= 11 is 1.73. The van der Waals surface area contributed by atoms with Gasteiger partial charge in [0.2, 0.25) is 15.9 Å². The SMILES string of the molecule is Cc1ccccc1[C@H]1c2ccsc2CCN1C(=O)CN(C1CCCCC1)S(=O)(=O)c1cccc2cccnc12. The first kappa shape index (κ1) is 26.2. The molecule has 0 bridgehead atoms. The van der Waals surface area contributed by atoms with E-state index in [4.69, 9.17) is 0 Å². The van der Waals surface area contributed by atoms with E-state index in [2.05, 4.69) is 35.5 Å². The number of hydrogen-bond acceptors (Lipinski definition) is 5. The summed E-state index contributed by atoms with van der Waals surface area (Å²) in [5.74, 6) is -0.151. The van der Waals surface area contributed by atoms with Gasteiger partial charge in [-0.15, -0.1) is 11.3 Å². The monoisotopic (exact) mass is 559 g/mol. The van der Waals surface area contributed by atoms with Crippen LogP contribution in [0.2, 0.25) is 0 Å². The van der Waals surface area contributed by atoms with Gasteiger partial charge in [-0.25, -0.2) is 8.42 Å². The van der Waals surface area contributed by atoms with Crippen LogP contribution in [-0.2, 0) is 21.2 Å². The number of pyridine rings is 1. The molecule has 1 aliphatic heterocycles. The van der Waals surface area contributed by atoms with Crippen molar-refractivity contribution in [1.82, 2.24) is 14.2 Å². The van der Waals surface area contributed by atoms with Crippen LogP contribution in [0.3, 0.4) is 0 Å². The highest BCUT2D eigenvalue weighted by molar-refractivity contribution is 7.89. The quantitative estimate of drug-likeness (QED) is 0.286. The number of aryl methyl sites for hydroxylation is 1. The lowest BCUT2D eigenvalue weighted by Gasteiger charge is -2.39. The average Bonchev–Trinajstić information content (AvgIpc) is 3.45. The van der Waals surface area contributed by atoms with E-state index in [0.29, 0.717) is 12.1 Å². The van der Waals surface area contributed by atoms with Gasteiger partial charge in [-0.05, 0) is 66.5 Å². The maximum Gasteiger partial charge on any atom is 0.245 e. The molecule has 2 aromatic carbocycles. The van der Waals surface area contributed by atoms with Gasteiger partial charge in [0.25, 0.3) is 0 Å². The van der Waals surface area contributed by atoms with E-state index < -0.39 is 10.0 Å². The second kappa shape index (κ2) is 10.8. The Labute approximate surface area is 234 Å². The lowest BCUT2D eigenvalue weighted by Crippen LogP contribution is -2.50. The van der Waals surface area contributed by atoms with Crippen molar-refractivity contribution in [3.05, 3.63) is 93.8 Å². The molecule has 39 heavy (non-hydrogen) atoms. The van der Waals surface area contributed by atoms with Crippen LogP contribution in [0.5, 0.6) is 0 Å². The Morgan fingerprint density at radius 3 is 2.62 bits per heavy atom. The van der Waals surface area contributed by atoms with E-state index in [-0.39, 0.29) is 29.4 Å². The molecule has 8 heteroatoms. The van der Waals surface area contributed by atoms with Crippen molar-refractivity contribution >= 4 is 38.2 Å². The summed E-state index contributed by atoms with van der Waals surface area (Å²) in [6, 6.07) is 18.8. The first-order valence-corrected chi connectivity index (χ1v) is 16.0. The highest BCUT2D eigenvalue weighted by Gasteiger charge is 2.39. The zero-order valence-corrected chi connectivity index (χ0v) is 23.8. The molecule has 1 fully saturated rings. The van der Waals surface area contributed by atoms with Crippen molar-refractivity contribution in [1.29, 1.82) is 0 Å². The van der Waals surface area contributed by atoms with Crippen LogP contribution in [-0.4, -0.2) is 47.6 Å². The van der Waals surface area contributed by atoms with Crippen molar-refractivity contribution in [3.63, 3.8) is 0 Å². The summed E-state index contributed by atoms with van der Waals surface area (Å²) in [6.45, 7) is 2.47. The summed E-state index contributed by atoms with van der Waals surface area (Å²) in [6.07, 6.45) is 6.96. The third-order valence-corrected chi connectivity index (χ3v) is 11.2. The molecule has 1 aliphatic carbocycles. The average molecular weight is 560 g/mol. The van der Waals surface area contributed by atoms with Crippen LogP contribution in [0, 0.1) is 6.92 Å². The number of carbonyl (C=O) groups is 1. The van der Waals surface area contributed by atoms with Crippen molar-refractivity contribution in [2.45, 2.75) is 62.4 Å². The molecular weight excluding hydrogens is 526 g/mol. The molecule has 0 unspecified atom stereocenters. The normalized spacial score (nSPS) is 18.4. The van der Waals surface area contributed by atoms with E-state index in [1.54, 1.807) is 29.7 Å². The minimum absolute atomic E-state index is 0.151. The molecule has 3 heterocycles. The molecule has 2 aliphatic rings. The van der Waals surface area contributed by atoms with Crippen LogP contribution in [0.4, 0.5) is 0 Å². The molecule has 2 aromatic heterocycles. The number of amides is 1. The Morgan fingerprint density at radius 1 is 1.00 bits per heavy atom. The molecule has 0 saturated heterocycles. The van der Waals surface area contributed by atoms with Crippen molar-refractivity contribution in [2.75, 3.05) is 13.1 Å². The second-order valence-corrected chi connectivity index (χ2v) is 13.4. The highest BCUT2D eigenvalue weighted by Crippen LogP contribution is 2.39. The number of carbonyl (C=O) groups excluding carboxylic acids is 1. The summed E-state index contributed by atoms with van der Waals surface area (Å²) in [5, 5.41) is 2.87. The fourth-order valence-electron chi connectivity index (χ4n) is 6.23. The second-order valence-electron chi connectivity index (χ2n) is 10.6. The van der Waals surface area contributed by atoms with Crippen molar-refractivity contribution in [2.24, 2.45) is 0 Å². The molecule has 0 radical (unpaired) electrons. The van der Waals surface area contributed by atoms with Gasteiger partial charge < -0.3 is 4.90 Å². The summed E-state index contributed by atoms with van der Waals surface area (Å²) in [7, 11) is -3.98. The zero-order chi connectivity index (χ0) is 27.0. The van der Waals surface area contributed by atoms with Gasteiger partial charge in [-0.1, -0.05) is 61.7 Å². The van der Waals surface area contributed by atoms with Crippen LogP contribution in [0.25, 0.3) is 10.9 Å². The lowest BCUT2D eigenvalue weighted by atomic mass is 9.90. The summed E-state index contributed by atoms with van der Waals surface area (Å²) < 4.78 is 30.2. The number of nitrogens with zero attached hydrogens (tertiary/aromatic N) is 3. The Bertz CT molecular complexity index is 1600. The summed E-state index contributed by atoms with van der Waals surface area (Å²) in [4.78, 5) is 22.0. The first-order valence-electron chi connectivity index (χ1n) is 13.7. The molecule has 202 valence electrons. The van der Waals surface area contributed by atoms with Gasteiger partial charge in [0.15, 0.2) is 0 Å². The Morgan fingerprint density at radius 2 is 1.79 bits per heavy atom. The number of sulfonamides is 1. The maximum absolute atomic E-state index is 14.3. The molecule has 6 rings (SSSR count). The number of thiophene rings is 1. The van der Waals surface area contributed by atoms with Gasteiger partial charge in [0.05, 0.1) is 18.1 Å². The Kier molecular flexibility index (Phi) is 7.27. The lowest BCUT2D eigenvalue weighted by molar-refractivity contribution is -0.134. The van der Waals surface area contributed by atoms with E-state index in [1.165, 1.54) is 9.18 Å².